The molecule has 4 heterocycles. The fourth-order valence-corrected chi connectivity index (χ4v) is 5.78. The van der Waals surface area contributed by atoms with Crippen molar-refractivity contribution in [3.05, 3.63) is 71.8 Å². The summed E-state index contributed by atoms with van der Waals surface area (Å²) in [5, 5.41) is 0. The summed E-state index contributed by atoms with van der Waals surface area (Å²) in [4.78, 5) is 28.7. The van der Waals surface area contributed by atoms with Crippen molar-refractivity contribution in [2.45, 2.75) is 25.0 Å². The fourth-order valence-electron chi connectivity index (χ4n) is 5.78. The predicted octanol–water partition coefficient (Wildman–Crippen LogP) is 3.10. The first-order valence-corrected chi connectivity index (χ1v) is 12.1. The van der Waals surface area contributed by atoms with Crippen LogP contribution in [0.15, 0.2) is 60.7 Å². The molecule has 33 heavy (non-hydrogen) atoms. The van der Waals surface area contributed by atoms with E-state index in [9.17, 15) is 9.59 Å². The molecule has 0 amide bonds. The maximum absolute atomic E-state index is 13.6. The van der Waals surface area contributed by atoms with Gasteiger partial charge < -0.3 is 14.0 Å². The Hall–Kier alpha value is -2.54. The van der Waals surface area contributed by atoms with Gasteiger partial charge in [-0.3, -0.25) is 9.69 Å². The van der Waals surface area contributed by atoms with Gasteiger partial charge in [-0.2, -0.15) is 0 Å². The van der Waals surface area contributed by atoms with Crippen molar-refractivity contribution in [3.8, 4) is 0 Å². The molecule has 4 saturated heterocycles. The summed E-state index contributed by atoms with van der Waals surface area (Å²) in [6.45, 7) is 5.89. The van der Waals surface area contributed by atoms with E-state index in [1.54, 1.807) is 0 Å². The number of ether oxygens (including phenoxy) is 2. The normalized spacial score (nSPS) is 28.2. The number of carbonyl (C=O) groups is 2. The topological polar surface area (TPSA) is 55.8 Å². The van der Waals surface area contributed by atoms with Gasteiger partial charge in [-0.25, -0.2) is 4.79 Å². The van der Waals surface area contributed by atoms with Crippen LogP contribution in [0.3, 0.4) is 0 Å². The van der Waals surface area contributed by atoms with Gasteiger partial charge in [-0.15, -0.1) is 0 Å². The van der Waals surface area contributed by atoms with Gasteiger partial charge in [0, 0.05) is 37.4 Å². The van der Waals surface area contributed by atoms with E-state index < -0.39 is 6.04 Å². The van der Waals surface area contributed by atoms with Gasteiger partial charge >= 0.3 is 5.97 Å². The molecule has 6 rings (SSSR count). The van der Waals surface area contributed by atoms with E-state index in [2.05, 4.69) is 4.90 Å². The zero-order chi connectivity index (χ0) is 22.7. The number of nitrogens with zero attached hydrogens (tertiary/aromatic N) is 2. The smallest absolute Gasteiger partial charge is 0.328 e. The second-order valence-electron chi connectivity index (χ2n) is 9.69. The number of ketones is 1. The average Bonchev–Trinajstić information content (AvgIpc) is 2.86. The van der Waals surface area contributed by atoms with Crippen molar-refractivity contribution in [1.82, 2.24) is 4.90 Å². The molecule has 4 fully saturated rings. The van der Waals surface area contributed by atoms with Crippen molar-refractivity contribution in [2.75, 3.05) is 52.5 Å². The maximum atomic E-state index is 13.6. The number of rotatable bonds is 7. The molecule has 0 spiro atoms. The molecule has 2 bridgehead atoms. The summed E-state index contributed by atoms with van der Waals surface area (Å²) in [5.74, 6) is 0.396. The molecular weight excluding hydrogens is 416 g/mol. The second kappa shape index (κ2) is 9.75. The van der Waals surface area contributed by atoms with Crippen LogP contribution in [0.25, 0.3) is 0 Å². The van der Waals surface area contributed by atoms with Crippen LogP contribution < -0.4 is 0 Å². The molecule has 0 N–H and O–H groups in total. The number of esters is 1. The first kappa shape index (κ1) is 22.3. The van der Waals surface area contributed by atoms with E-state index in [0.29, 0.717) is 38.8 Å². The molecular formula is C27H33N2O4+. The number of hydrogen-bond acceptors (Lipinski definition) is 5. The van der Waals surface area contributed by atoms with E-state index in [0.717, 1.165) is 48.1 Å². The number of benzene rings is 2. The zero-order valence-electron chi connectivity index (χ0n) is 19.1. The van der Waals surface area contributed by atoms with Crippen LogP contribution in [0.1, 0.15) is 34.8 Å². The Bertz CT molecular complexity index is 951. The van der Waals surface area contributed by atoms with Crippen molar-refractivity contribution >= 4 is 11.8 Å². The highest BCUT2D eigenvalue weighted by Crippen LogP contribution is 2.37. The Morgan fingerprint density at radius 1 is 0.970 bits per heavy atom. The Morgan fingerprint density at radius 2 is 1.61 bits per heavy atom. The molecule has 0 aromatic heterocycles. The zero-order valence-corrected chi connectivity index (χ0v) is 19.1. The number of quaternary nitrogens is 1. The predicted molar refractivity (Wildman–Crippen MR) is 125 cm³/mol. The molecule has 4 aliphatic rings. The van der Waals surface area contributed by atoms with Gasteiger partial charge in [-0.05, 0) is 5.56 Å². The highest BCUT2D eigenvalue weighted by molar-refractivity contribution is 5.96. The fraction of sp³-hybridized carbons (Fsp3) is 0.481. The third-order valence-corrected chi connectivity index (χ3v) is 7.63. The molecule has 0 saturated carbocycles. The highest BCUT2D eigenvalue weighted by Gasteiger charge is 2.49. The van der Waals surface area contributed by atoms with Crippen LogP contribution in [0, 0.1) is 5.92 Å². The lowest BCUT2D eigenvalue weighted by molar-refractivity contribution is -0.938. The highest BCUT2D eigenvalue weighted by atomic mass is 16.5. The first-order chi connectivity index (χ1) is 16.1. The van der Waals surface area contributed by atoms with E-state index in [-0.39, 0.29) is 17.9 Å². The quantitative estimate of drug-likeness (QED) is 0.369. The standard InChI is InChI=1S/C27H33N2O4/c30-24(21-7-3-1-4-8-21)19-29-15-11-22(12-16-29)25(20-29)33-27(31)26(23-9-5-2-6-10-23)28-13-17-32-18-14-28/h1-10,22,25-26H,11-20H2/q+1/t22?,25-,26-,29?/m0/s1. The van der Waals surface area contributed by atoms with Crippen molar-refractivity contribution in [3.63, 3.8) is 0 Å². The van der Waals surface area contributed by atoms with Crippen LogP contribution in [-0.4, -0.2) is 79.7 Å². The van der Waals surface area contributed by atoms with Crippen molar-refractivity contribution < 1.29 is 23.5 Å². The third-order valence-electron chi connectivity index (χ3n) is 7.63. The minimum absolute atomic E-state index is 0.129. The second-order valence-corrected chi connectivity index (χ2v) is 9.69. The number of morpholine rings is 1. The maximum Gasteiger partial charge on any atom is 0.328 e. The summed E-state index contributed by atoms with van der Waals surface area (Å²) in [6.07, 6.45) is 1.89. The van der Waals surface area contributed by atoms with E-state index in [1.165, 1.54) is 0 Å². The van der Waals surface area contributed by atoms with Gasteiger partial charge in [0.15, 0.2) is 6.10 Å². The van der Waals surface area contributed by atoms with E-state index in [4.69, 9.17) is 9.47 Å². The van der Waals surface area contributed by atoms with E-state index in [1.807, 2.05) is 60.7 Å². The minimum Gasteiger partial charge on any atom is -0.455 e. The van der Waals surface area contributed by atoms with Gasteiger partial charge in [0.25, 0.3) is 0 Å². The average molecular weight is 450 g/mol. The molecule has 2 aromatic carbocycles. The molecule has 0 unspecified atom stereocenters. The third kappa shape index (κ3) is 4.88. The van der Waals surface area contributed by atoms with Gasteiger partial charge in [0.1, 0.15) is 19.1 Å². The molecule has 4 aliphatic heterocycles. The molecule has 0 radical (unpaired) electrons. The monoisotopic (exact) mass is 449 g/mol. The SMILES string of the molecule is O=C(C[N+]12CCC(CC1)[C@@H](OC(=O)[C@H](c1ccccc1)N1CCOCC1)C2)c1ccccc1. The van der Waals surface area contributed by atoms with Gasteiger partial charge in [0.2, 0.25) is 5.78 Å². The number of piperidine rings is 3. The Labute approximate surface area is 195 Å². The number of fused-ring (bicyclic) bond motifs is 3. The largest absolute Gasteiger partial charge is 0.455 e. The summed E-state index contributed by atoms with van der Waals surface area (Å²) in [6, 6.07) is 19.0. The van der Waals surface area contributed by atoms with Crippen molar-refractivity contribution in [2.24, 2.45) is 5.92 Å². The van der Waals surface area contributed by atoms with Gasteiger partial charge in [-0.1, -0.05) is 60.7 Å². The molecule has 2 atom stereocenters. The summed E-state index contributed by atoms with van der Waals surface area (Å²) in [5.41, 5.74) is 1.73. The van der Waals surface area contributed by atoms with Crippen LogP contribution >= 0.6 is 0 Å². The van der Waals surface area contributed by atoms with Crippen LogP contribution in [0.5, 0.6) is 0 Å². The Balaban J connectivity index is 1.30. The Kier molecular flexibility index (Phi) is 6.58. The Morgan fingerprint density at radius 3 is 2.27 bits per heavy atom. The summed E-state index contributed by atoms with van der Waals surface area (Å²) < 4.78 is 12.5. The summed E-state index contributed by atoms with van der Waals surface area (Å²) >= 11 is 0. The van der Waals surface area contributed by atoms with Crippen molar-refractivity contribution in [1.29, 1.82) is 0 Å². The number of carbonyl (C=O) groups excluding carboxylic acids is 2. The minimum atomic E-state index is -0.412. The first-order valence-electron chi connectivity index (χ1n) is 12.1. The van der Waals surface area contributed by atoms with Crippen LogP contribution in [-0.2, 0) is 14.3 Å². The molecule has 2 aromatic rings. The number of hydrogen-bond donors (Lipinski definition) is 0. The lowest BCUT2D eigenvalue weighted by Crippen LogP contribution is -2.66. The molecule has 174 valence electrons. The van der Waals surface area contributed by atoms with Gasteiger partial charge in [0.05, 0.1) is 26.3 Å². The lowest BCUT2D eigenvalue weighted by Gasteiger charge is -2.51. The molecule has 6 heteroatoms. The summed E-state index contributed by atoms with van der Waals surface area (Å²) in [7, 11) is 0. The molecule has 6 nitrogen and oxygen atoms in total. The lowest BCUT2D eigenvalue weighted by atomic mass is 9.82. The van der Waals surface area contributed by atoms with Crippen LogP contribution in [0.2, 0.25) is 0 Å². The molecule has 0 aliphatic carbocycles. The number of Topliss-reactive ketones (excluding diaryl/α,β-unsaturated/α-hetero) is 1. The van der Waals surface area contributed by atoms with E-state index >= 15 is 0 Å². The van der Waals surface area contributed by atoms with Crippen LogP contribution in [0.4, 0.5) is 0 Å².